The first-order chi connectivity index (χ1) is 11.3. The van der Waals surface area contributed by atoms with E-state index in [2.05, 4.69) is 28.6 Å². The van der Waals surface area contributed by atoms with Crippen molar-refractivity contribution in [2.45, 2.75) is 38.3 Å². The van der Waals surface area contributed by atoms with Crippen LogP contribution in [0.1, 0.15) is 46.1 Å². The molecule has 2 aromatic rings. The Kier molecular flexibility index (Phi) is 3.87. The number of amides is 1. The summed E-state index contributed by atoms with van der Waals surface area (Å²) in [6.07, 6.45) is 5.79. The fraction of sp³-hybridized carbons (Fsp3) is 0.444. The van der Waals surface area contributed by atoms with Crippen molar-refractivity contribution in [3.8, 4) is 0 Å². The minimum Gasteiger partial charge on any atom is -0.371 e. The van der Waals surface area contributed by atoms with Crippen molar-refractivity contribution >= 4 is 5.91 Å². The van der Waals surface area contributed by atoms with Gasteiger partial charge in [0.15, 0.2) is 0 Å². The topological polar surface area (TPSA) is 56.1 Å². The molecule has 120 valence electrons. The monoisotopic (exact) mass is 311 g/mol. The van der Waals surface area contributed by atoms with Crippen LogP contribution in [-0.2, 0) is 24.1 Å². The van der Waals surface area contributed by atoms with E-state index in [1.165, 1.54) is 11.1 Å². The Hall–Kier alpha value is -2.14. The van der Waals surface area contributed by atoms with E-state index in [1.54, 1.807) is 6.20 Å². The number of carbonyl (C=O) groups is 1. The molecule has 1 aromatic heterocycles. The molecule has 0 fully saturated rings. The molecule has 0 bridgehead atoms. The van der Waals surface area contributed by atoms with E-state index >= 15 is 0 Å². The van der Waals surface area contributed by atoms with Gasteiger partial charge in [-0.1, -0.05) is 24.3 Å². The number of aryl methyl sites for hydroxylation is 1. The lowest BCUT2D eigenvalue weighted by molar-refractivity contribution is 0.0411. The van der Waals surface area contributed by atoms with Gasteiger partial charge in [0, 0.05) is 13.1 Å². The van der Waals surface area contributed by atoms with Gasteiger partial charge in [-0.2, -0.15) is 5.10 Å². The van der Waals surface area contributed by atoms with E-state index in [0.29, 0.717) is 18.7 Å². The molecule has 0 saturated heterocycles. The molecule has 2 aliphatic heterocycles. The van der Waals surface area contributed by atoms with Crippen molar-refractivity contribution in [1.82, 2.24) is 15.1 Å². The number of fused-ring (bicyclic) bond motifs is 2. The SMILES string of the molecule is O=C(NCC1OCCc2ccccc21)c1cnn2c1CCCC2. The van der Waals surface area contributed by atoms with Crippen LogP contribution in [0.25, 0.3) is 0 Å². The molecule has 1 N–H and O–H groups in total. The molecule has 1 amide bonds. The van der Waals surface area contributed by atoms with Gasteiger partial charge in [-0.3, -0.25) is 9.48 Å². The Balaban J connectivity index is 1.46. The van der Waals surface area contributed by atoms with Crippen LogP contribution < -0.4 is 5.32 Å². The molecule has 0 aliphatic carbocycles. The van der Waals surface area contributed by atoms with Gasteiger partial charge in [-0.25, -0.2) is 0 Å². The summed E-state index contributed by atoms with van der Waals surface area (Å²) in [5.74, 6) is -0.0418. The van der Waals surface area contributed by atoms with Crippen molar-refractivity contribution in [2.75, 3.05) is 13.2 Å². The molecular formula is C18H21N3O2. The van der Waals surface area contributed by atoms with Crippen LogP contribution in [0.2, 0.25) is 0 Å². The zero-order valence-corrected chi connectivity index (χ0v) is 13.1. The number of nitrogens with one attached hydrogen (secondary N) is 1. The maximum Gasteiger partial charge on any atom is 0.254 e. The molecule has 0 spiro atoms. The van der Waals surface area contributed by atoms with Gasteiger partial charge < -0.3 is 10.1 Å². The van der Waals surface area contributed by atoms with Crippen molar-refractivity contribution in [3.63, 3.8) is 0 Å². The zero-order chi connectivity index (χ0) is 15.6. The molecule has 0 radical (unpaired) electrons. The summed E-state index contributed by atoms with van der Waals surface area (Å²) in [6, 6.07) is 8.31. The summed E-state index contributed by atoms with van der Waals surface area (Å²) in [7, 11) is 0. The lowest BCUT2D eigenvalue weighted by Crippen LogP contribution is -2.32. The maximum atomic E-state index is 12.5. The number of aromatic nitrogens is 2. The van der Waals surface area contributed by atoms with E-state index in [-0.39, 0.29) is 12.0 Å². The third-order valence-corrected chi connectivity index (χ3v) is 4.77. The Labute approximate surface area is 135 Å². The van der Waals surface area contributed by atoms with E-state index < -0.39 is 0 Å². The molecule has 3 heterocycles. The third kappa shape index (κ3) is 2.77. The largest absolute Gasteiger partial charge is 0.371 e. The second kappa shape index (κ2) is 6.16. The summed E-state index contributed by atoms with van der Waals surface area (Å²) >= 11 is 0. The van der Waals surface area contributed by atoms with Crippen molar-refractivity contribution in [1.29, 1.82) is 0 Å². The number of rotatable bonds is 3. The first-order valence-corrected chi connectivity index (χ1v) is 8.35. The van der Waals surface area contributed by atoms with Crippen LogP contribution >= 0.6 is 0 Å². The summed E-state index contributed by atoms with van der Waals surface area (Å²) in [6.45, 7) is 2.13. The van der Waals surface area contributed by atoms with E-state index in [9.17, 15) is 4.79 Å². The highest BCUT2D eigenvalue weighted by Gasteiger charge is 2.23. The van der Waals surface area contributed by atoms with Gasteiger partial charge >= 0.3 is 0 Å². The normalized spacial score (nSPS) is 19.7. The predicted molar refractivity (Wildman–Crippen MR) is 86.3 cm³/mol. The smallest absolute Gasteiger partial charge is 0.254 e. The number of carbonyl (C=O) groups excluding carboxylic acids is 1. The van der Waals surface area contributed by atoms with Crippen LogP contribution in [0.3, 0.4) is 0 Å². The van der Waals surface area contributed by atoms with Crippen LogP contribution in [0, 0.1) is 0 Å². The van der Waals surface area contributed by atoms with Gasteiger partial charge in [-0.15, -0.1) is 0 Å². The fourth-order valence-corrected chi connectivity index (χ4v) is 3.54. The van der Waals surface area contributed by atoms with Crippen molar-refractivity contribution < 1.29 is 9.53 Å². The summed E-state index contributed by atoms with van der Waals surface area (Å²) in [5, 5.41) is 7.36. The zero-order valence-electron chi connectivity index (χ0n) is 13.1. The highest BCUT2D eigenvalue weighted by Crippen LogP contribution is 2.26. The third-order valence-electron chi connectivity index (χ3n) is 4.77. The molecule has 2 aliphatic rings. The summed E-state index contributed by atoms with van der Waals surface area (Å²) in [5.41, 5.74) is 4.30. The number of hydrogen-bond acceptors (Lipinski definition) is 3. The molecule has 4 rings (SSSR count). The lowest BCUT2D eigenvalue weighted by Gasteiger charge is -2.26. The number of ether oxygens (including phenoxy) is 1. The van der Waals surface area contributed by atoms with Crippen LogP contribution in [0.5, 0.6) is 0 Å². The van der Waals surface area contributed by atoms with Crippen LogP contribution in [0.15, 0.2) is 30.5 Å². The first kappa shape index (κ1) is 14.5. The van der Waals surface area contributed by atoms with Gasteiger partial charge in [0.05, 0.1) is 24.1 Å². The molecule has 1 aromatic carbocycles. The van der Waals surface area contributed by atoms with Gasteiger partial charge in [-0.05, 0) is 36.8 Å². The van der Waals surface area contributed by atoms with Crippen molar-refractivity contribution in [3.05, 3.63) is 52.8 Å². The van der Waals surface area contributed by atoms with Gasteiger partial charge in [0.25, 0.3) is 5.91 Å². The molecule has 1 atom stereocenters. The second-order valence-corrected chi connectivity index (χ2v) is 6.20. The Morgan fingerprint density at radius 1 is 1.30 bits per heavy atom. The molecule has 5 nitrogen and oxygen atoms in total. The average molecular weight is 311 g/mol. The quantitative estimate of drug-likeness (QED) is 0.946. The van der Waals surface area contributed by atoms with E-state index in [0.717, 1.165) is 37.9 Å². The summed E-state index contributed by atoms with van der Waals surface area (Å²) < 4.78 is 7.81. The van der Waals surface area contributed by atoms with Crippen LogP contribution in [-0.4, -0.2) is 28.8 Å². The Morgan fingerprint density at radius 3 is 3.17 bits per heavy atom. The number of hydrogen-bond donors (Lipinski definition) is 1. The standard InChI is InChI=1S/C18H21N3O2/c22-18(15-11-20-21-9-4-3-7-16(15)21)19-12-17-14-6-2-1-5-13(14)8-10-23-17/h1-2,5-6,11,17H,3-4,7-10,12H2,(H,19,22). The highest BCUT2D eigenvalue weighted by molar-refractivity contribution is 5.95. The van der Waals surface area contributed by atoms with E-state index in [1.807, 2.05) is 10.7 Å². The highest BCUT2D eigenvalue weighted by atomic mass is 16.5. The van der Waals surface area contributed by atoms with E-state index in [4.69, 9.17) is 4.74 Å². The number of nitrogens with zero attached hydrogens (tertiary/aromatic N) is 2. The lowest BCUT2D eigenvalue weighted by atomic mass is 9.97. The Morgan fingerprint density at radius 2 is 2.22 bits per heavy atom. The number of benzene rings is 1. The van der Waals surface area contributed by atoms with Crippen LogP contribution in [0.4, 0.5) is 0 Å². The minimum atomic E-state index is -0.0599. The van der Waals surface area contributed by atoms with Gasteiger partial charge in [0.1, 0.15) is 6.10 Å². The average Bonchev–Trinajstić information content (AvgIpc) is 3.04. The molecule has 1 unspecified atom stereocenters. The molecule has 0 saturated carbocycles. The molecule has 23 heavy (non-hydrogen) atoms. The Bertz CT molecular complexity index is 723. The maximum absolute atomic E-state index is 12.5. The summed E-state index contributed by atoms with van der Waals surface area (Å²) in [4.78, 5) is 12.5. The minimum absolute atomic E-state index is 0.0418. The molecule has 5 heteroatoms. The predicted octanol–water partition coefficient (Wildman–Crippen LogP) is 2.26. The second-order valence-electron chi connectivity index (χ2n) is 6.20. The van der Waals surface area contributed by atoms with Crippen molar-refractivity contribution in [2.24, 2.45) is 0 Å². The molecular weight excluding hydrogens is 290 g/mol. The van der Waals surface area contributed by atoms with Gasteiger partial charge in [0.2, 0.25) is 0 Å². The first-order valence-electron chi connectivity index (χ1n) is 8.35. The fourth-order valence-electron chi connectivity index (χ4n) is 3.54.